The number of carbonyl (C=O) groups excluding carboxylic acids is 1. The Morgan fingerprint density at radius 1 is 1.37 bits per heavy atom. The van der Waals surface area contributed by atoms with Crippen LogP contribution in [0.4, 0.5) is 13.6 Å². The van der Waals surface area contributed by atoms with Crippen LogP contribution in [-0.4, -0.2) is 23.1 Å². The molecule has 5 nitrogen and oxygen atoms in total. The van der Waals surface area contributed by atoms with E-state index in [9.17, 15) is 18.4 Å². The smallest absolute Gasteiger partial charge is 0.315 e. The minimum Gasteiger partial charge on any atom is -0.481 e. The predicted octanol–water partition coefficient (Wildman–Crippen LogP) is 1.63. The van der Waals surface area contributed by atoms with Gasteiger partial charge in [0.15, 0.2) is 0 Å². The van der Waals surface area contributed by atoms with Crippen molar-refractivity contribution in [3.05, 3.63) is 35.4 Å². The number of hydrogen-bond acceptors (Lipinski definition) is 2. The lowest BCUT2D eigenvalue weighted by molar-refractivity contribution is -0.137. The molecule has 0 aromatic heterocycles. The van der Waals surface area contributed by atoms with Crippen LogP contribution in [0, 0.1) is 11.6 Å². The van der Waals surface area contributed by atoms with Gasteiger partial charge in [0.05, 0.1) is 6.42 Å². The summed E-state index contributed by atoms with van der Waals surface area (Å²) in [5.41, 5.74) is 0.141. The summed E-state index contributed by atoms with van der Waals surface area (Å²) in [6.07, 6.45) is -0.210. The quantitative estimate of drug-likeness (QED) is 0.762. The standard InChI is InChI=1S/C12H14F2N2O3/c1-7(4-11(17)18)16-12(19)15-6-8-2-3-9(13)5-10(8)14/h2-3,5,7H,4,6H2,1H3,(H,17,18)(H2,15,16,19). The van der Waals surface area contributed by atoms with Crippen LogP contribution < -0.4 is 10.6 Å². The van der Waals surface area contributed by atoms with Crippen molar-refractivity contribution in [3.8, 4) is 0 Å². The van der Waals surface area contributed by atoms with Gasteiger partial charge in [0, 0.05) is 24.2 Å². The highest BCUT2D eigenvalue weighted by molar-refractivity contribution is 5.75. The van der Waals surface area contributed by atoms with Gasteiger partial charge in [-0.15, -0.1) is 0 Å². The average molecular weight is 272 g/mol. The molecule has 0 radical (unpaired) electrons. The second-order valence-corrected chi connectivity index (χ2v) is 4.06. The molecule has 1 aromatic rings. The highest BCUT2D eigenvalue weighted by atomic mass is 19.1. The van der Waals surface area contributed by atoms with Gasteiger partial charge in [-0.3, -0.25) is 4.79 Å². The van der Waals surface area contributed by atoms with Gasteiger partial charge in [0.1, 0.15) is 11.6 Å². The number of rotatable bonds is 5. The number of hydrogen-bond donors (Lipinski definition) is 3. The number of amides is 2. The van der Waals surface area contributed by atoms with Gasteiger partial charge in [-0.2, -0.15) is 0 Å². The van der Waals surface area contributed by atoms with Crippen LogP contribution in [0.5, 0.6) is 0 Å². The van der Waals surface area contributed by atoms with E-state index in [-0.39, 0.29) is 18.5 Å². The van der Waals surface area contributed by atoms with Crippen molar-refractivity contribution in [2.75, 3.05) is 0 Å². The maximum atomic E-state index is 13.2. The van der Waals surface area contributed by atoms with E-state index in [2.05, 4.69) is 10.6 Å². The molecule has 104 valence electrons. The highest BCUT2D eigenvalue weighted by Crippen LogP contribution is 2.08. The number of carboxylic acids is 1. The average Bonchev–Trinajstić information content (AvgIpc) is 2.26. The molecule has 1 unspecified atom stereocenters. The second kappa shape index (κ2) is 6.67. The summed E-state index contributed by atoms with van der Waals surface area (Å²) in [5.74, 6) is -2.47. The molecule has 0 saturated carbocycles. The first-order valence-corrected chi connectivity index (χ1v) is 5.58. The zero-order valence-corrected chi connectivity index (χ0v) is 10.2. The van der Waals surface area contributed by atoms with Crippen molar-refractivity contribution in [2.45, 2.75) is 25.9 Å². The summed E-state index contributed by atoms with van der Waals surface area (Å²) >= 11 is 0. The Bertz CT molecular complexity index is 480. The van der Waals surface area contributed by atoms with Crippen LogP contribution in [-0.2, 0) is 11.3 Å². The number of aliphatic carboxylic acids is 1. The molecular weight excluding hydrogens is 258 g/mol. The lowest BCUT2D eigenvalue weighted by Gasteiger charge is -2.12. The fourth-order valence-corrected chi connectivity index (χ4v) is 1.43. The van der Waals surface area contributed by atoms with Crippen LogP contribution in [0.1, 0.15) is 18.9 Å². The second-order valence-electron chi connectivity index (χ2n) is 4.06. The monoisotopic (exact) mass is 272 g/mol. The number of urea groups is 1. The Labute approximate surface area is 108 Å². The van der Waals surface area contributed by atoms with Crippen molar-refractivity contribution in [2.24, 2.45) is 0 Å². The third-order valence-electron chi connectivity index (χ3n) is 2.31. The topological polar surface area (TPSA) is 78.4 Å². The number of benzene rings is 1. The first-order chi connectivity index (χ1) is 8.88. The lowest BCUT2D eigenvalue weighted by Crippen LogP contribution is -2.41. The summed E-state index contributed by atoms with van der Waals surface area (Å²) in [4.78, 5) is 21.8. The maximum Gasteiger partial charge on any atom is 0.315 e. The van der Waals surface area contributed by atoms with E-state index < -0.39 is 29.7 Å². The fraction of sp³-hybridized carbons (Fsp3) is 0.333. The fourth-order valence-electron chi connectivity index (χ4n) is 1.43. The Morgan fingerprint density at radius 2 is 2.05 bits per heavy atom. The normalized spacial score (nSPS) is 11.7. The Kier molecular flexibility index (Phi) is 5.23. The molecular formula is C12H14F2N2O3. The Morgan fingerprint density at radius 3 is 2.63 bits per heavy atom. The molecule has 1 rings (SSSR count). The molecule has 0 saturated heterocycles. The Hall–Kier alpha value is -2.18. The molecule has 0 spiro atoms. The minimum absolute atomic E-state index is 0.113. The summed E-state index contributed by atoms with van der Waals surface area (Å²) in [6.45, 7) is 1.42. The van der Waals surface area contributed by atoms with E-state index >= 15 is 0 Å². The molecule has 0 fully saturated rings. The molecule has 1 aromatic carbocycles. The highest BCUT2D eigenvalue weighted by Gasteiger charge is 2.11. The molecule has 7 heteroatoms. The van der Waals surface area contributed by atoms with Crippen molar-refractivity contribution >= 4 is 12.0 Å². The van der Waals surface area contributed by atoms with E-state index in [4.69, 9.17) is 5.11 Å². The summed E-state index contributed by atoms with van der Waals surface area (Å²) in [6, 6.07) is 1.88. The van der Waals surface area contributed by atoms with Gasteiger partial charge < -0.3 is 15.7 Å². The van der Waals surface area contributed by atoms with Gasteiger partial charge in [-0.05, 0) is 13.0 Å². The Balaban J connectivity index is 2.43. The first-order valence-electron chi connectivity index (χ1n) is 5.58. The third kappa shape index (κ3) is 5.33. The predicted molar refractivity (Wildman–Crippen MR) is 63.4 cm³/mol. The van der Waals surface area contributed by atoms with E-state index in [0.29, 0.717) is 0 Å². The molecule has 2 amide bonds. The van der Waals surface area contributed by atoms with Crippen LogP contribution >= 0.6 is 0 Å². The van der Waals surface area contributed by atoms with Gasteiger partial charge in [0.2, 0.25) is 0 Å². The van der Waals surface area contributed by atoms with Gasteiger partial charge in [-0.25, -0.2) is 13.6 Å². The molecule has 0 bridgehead atoms. The first kappa shape index (κ1) is 14.9. The van der Waals surface area contributed by atoms with Gasteiger partial charge >= 0.3 is 12.0 Å². The number of halogens is 2. The van der Waals surface area contributed by atoms with E-state index in [1.807, 2.05) is 0 Å². The molecule has 0 heterocycles. The SMILES string of the molecule is CC(CC(=O)O)NC(=O)NCc1ccc(F)cc1F. The molecule has 3 N–H and O–H groups in total. The van der Waals surface area contributed by atoms with Crippen LogP contribution in [0.15, 0.2) is 18.2 Å². The zero-order chi connectivity index (χ0) is 14.4. The summed E-state index contributed by atoms with van der Waals surface area (Å²) in [7, 11) is 0. The van der Waals surface area contributed by atoms with Gasteiger partial charge in [0.25, 0.3) is 0 Å². The van der Waals surface area contributed by atoms with Crippen molar-refractivity contribution in [1.82, 2.24) is 10.6 Å². The van der Waals surface area contributed by atoms with E-state index in [0.717, 1.165) is 12.1 Å². The minimum atomic E-state index is -1.03. The summed E-state index contributed by atoms with van der Waals surface area (Å²) < 4.78 is 25.9. The van der Waals surface area contributed by atoms with Crippen molar-refractivity contribution < 1.29 is 23.5 Å². The maximum absolute atomic E-state index is 13.2. The number of carboxylic acid groups (broad SMARTS) is 1. The van der Waals surface area contributed by atoms with Crippen molar-refractivity contribution in [1.29, 1.82) is 0 Å². The summed E-state index contributed by atoms with van der Waals surface area (Å²) in [5, 5.41) is 13.3. The molecule has 0 aliphatic rings. The number of nitrogens with one attached hydrogen (secondary N) is 2. The molecule has 0 aliphatic heterocycles. The number of carbonyl (C=O) groups is 2. The lowest BCUT2D eigenvalue weighted by atomic mass is 10.2. The zero-order valence-electron chi connectivity index (χ0n) is 10.2. The van der Waals surface area contributed by atoms with Crippen molar-refractivity contribution in [3.63, 3.8) is 0 Å². The molecule has 19 heavy (non-hydrogen) atoms. The van der Waals surface area contributed by atoms with E-state index in [1.54, 1.807) is 0 Å². The molecule has 1 atom stereocenters. The van der Waals surface area contributed by atoms with E-state index in [1.165, 1.54) is 13.0 Å². The largest absolute Gasteiger partial charge is 0.481 e. The third-order valence-corrected chi connectivity index (χ3v) is 2.31. The van der Waals surface area contributed by atoms with Gasteiger partial charge in [-0.1, -0.05) is 6.07 Å². The molecule has 0 aliphatic carbocycles. The van der Waals surface area contributed by atoms with Crippen LogP contribution in [0.2, 0.25) is 0 Å². The van der Waals surface area contributed by atoms with Crippen LogP contribution in [0.25, 0.3) is 0 Å². The van der Waals surface area contributed by atoms with Crippen LogP contribution in [0.3, 0.4) is 0 Å².